The number of ether oxygens (including phenoxy) is 1. The van der Waals surface area contributed by atoms with Gasteiger partial charge in [0.15, 0.2) is 0 Å². The van der Waals surface area contributed by atoms with Gasteiger partial charge in [0.2, 0.25) is 0 Å². The second-order valence-electron chi connectivity index (χ2n) is 4.44. The van der Waals surface area contributed by atoms with E-state index in [9.17, 15) is 9.90 Å². The molecule has 3 heteroatoms. The predicted octanol–water partition coefficient (Wildman–Crippen LogP) is 3.48. The quantitative estimate of drug-likeness (QED) is 0.595. The third-order valence-corrected chi connectivity index (χ3v) is 3.06. The monoisotopic (exact) mass is 250 g/mol. The minimum absolute atomic E-state index is 0.391. The number of hydrogen-bond acceptors (Lipinski definition) is 3. The fourth-order valence-electron chi connectivity index (χ4n) is 2.00. The molecule has 0 saturated heterocycles. The summed E-state index contributed by atoms with van der Waals surface area (Å²) in [6.45, 7) is 2.16. The van der Waals surface area contributed by atoms with Crippen molar-refractivity contribution in [1.82, 2.24) is 0 Å². The Hall–Kier alpha value is -1.35. The lowest BCUT2D eigenvalue weighted by molar-refractivity contribution is 0.0592. The highest BCUT2D eigenvalue weighted by atomic mass is 16.5. The summed E-state index contributed by atoms with van der Waals surface area (Å²) in [5.74, 6) is -0.391. The van der Waals surface area contributed by atoms with Gasteiger partial charge in [-0.25, -0.2) is 4.79 Å². The fourth-order valence-corrected chi connectivity index (χ4v) is 2.00. The molecule has 1 rings (SSSR count). The maximum Gasteiger partial charge on any atom is 0.338 e. The number of hydrogen-bond donors (Lipinski definition) is 1. The molecule has 0 spiro atoms. The molecule has 0 radical (unpaired) electrons. The Kier molecular flexibility index (Phi) is 6.44. The molecular formula is C15H22O3. The van der Waals surface area contributed by atoms with Crippen LogP contribution in [0.4, 0.5) is 0 Å². The molecule has 18 heavy (non-hydrogen) atoms. The van der Waals surface area contributed by atoms with E-state index in [-0.39, 0.29) is 0 Å². The molecule has 0 aliphatic heterocycles. The summed E-state index contributed by atoms with van der Waals surface area (Å²) >= 11 is 0. The summed E-state index contributed by atoms with van der Waals surface area (Å²) < 4.78 is 4.72. The average Bonchev–Trinajstić information content (AvgIpc) is 2.42. The standard InChI is InChI=1S/C15H22O3/c1-3-4-5-6-11-14(16)12-9-7-8-10-13(12)15(17)18-2/h7-10,14,16H,3-6,11H2,1-2H3. The third-order valence-electron chi connectivity index (χ3n) is 3.06. The number of aliphatic hydroxyl groups is 1. The Morgan fingerprint density at radius 3 is 2.67 bits per heavy atom. The van der Waals surface area contributed by atoms with Gasteiger partial charge in [0, 0.05) is 0 Å². The summed E-state index contributed by atoms with van der Waals surface area (Å²) in [6.07, 6.45) is 4.56. The number of methoxy groups -OCH3 is 1. The number of carbonyl (C=O) groups is 1. The Morgan fingerprint density at radius 2 is 2.00 bits per heavy atom. The zero-order valence-electron chi connectivity index (χ0n) is 11.2. The summed E-state index contributed by atoms with van der Waals surface area (Å²) in [6, 6.07) is 7.09. The predicted molar refractivity (Wildman–Crippen MR) is 71.5 cm³/mol. The Balaban J connectivity index is 2.66. The lowest BCUT2D eigenvalue weighted by Crippen LogP contribution is -2.09. The summed E-state index contributed by atoms with van der Waals surface area (Å²) in [5, 5.41) is 10.1. The first-order chi connectivity index (χ1) is 8.70. The lowest BCUT2D eigenvalue weighted by Gasteiger charge is -2.14. The van der Waals surface area contributed by atoms with E-state index < -0.39 is 12.1 Å². The number of unbranched alkanes of at least 4 members (excludes halogenated alkanes) is 3. The van der Waals surface area contributed by atoms with Crippen LogP contribution in [0.5, 0.6) is 0 Å². The molecule has 0 heterocycles. The number of esters is 1. The van der Waals surface area contributed by atoms with Gasteiger partial charge in [-0.3, -0.25) is 0 Å². The van der Waals surface area contributed by atoms with Crippen LogP contribution >= 0.6 is 0 Å². The first-order valence-corrected chi connectivity index (χ1v) is 6.56. The van der Waals surface area contributed by atoms with Gasteiger partial charge in [-0.1, -0.05) is 50.8 Å². The Labute approximate surface area is 109 Å². The van der Waals surface area contributed by atoms with Crippen molar-refractivity contribution in [3.8, 4) is 0 Å². The van der Waals surface area contributed by atoms with Crippen LogP contribution in [-0.4, -0.2) is 18.2 Å². The smallest absolute Gasteiger partial charge is 0.338 e. The van der Waals surface area contributed by atoms with Crippen LogP contribution in [0, 0.1) is 0 Å². The zero-order valence-corrected chi connectivity index (χ0v) is 11.2. The van der Waals surface area contributed by atoms with Gasteiger partial charge >= 0.3 is 5.97 Å². The molecule has 0 aromatic heterocycles. The van der Waals surface area contributed by atoms with Crippen LogP contribution in [0.25, 0.3) is 0 Å². The highest BCUT2D eigenvalue weighted by Gasteiger charge is 2.16. The van der Waals surface area contributed by atoms with Crippen molar-refractivity contribution in [3.05, 3.63) is 35.4 Å². The van der Waals surface area contributed by atoms with E-state index in [0.29, 0.717) is 17.5 Å². The molecule has 0 aliphatic carbocycles. The van der Waals surface area contributed by atoms with E-state index in [1.165, 1.54) is 20.0 Å². The molecule has 1 atom stereocenters. The number of benzene rings is 1. The Bertz CT molecular complexity index is 374. The van der Waals surface area contributed by atoms with Crippen LogP contribution in [0.3, 0.4) is 0 Å². The molecule has 3 nitrogen and oxygen atoms in total. The molecule has 1 aromatic rings. The van der Waals surface area contributed by atoms with Gasteiger partial charge in [0.1, 0.15) is 0 Å². The van der Waals surface area contributed by atoms with E-state index in [1.807, 2.05) is 6.07 Å². The van der Waals surface area contributed by atoms with Crippen LogP contribution in [0.2, 0.25) is 0 Å². The number of aliphatic hydroxyl groups excluding tert-OH is 1. The first-order valence-electron chi connectivity index (χ1n) is 6.56. The van der Waals surface area contributed by atoms with E-state index in [1.54, 1.807) is 18.2 Å². The van der Waals surface area contributed by atoms with Crippen LogP contribution in [-0.2, 0) is 4.74 Å². The van der Waals surface area contributed by atoms with Crippen LogP contribution < -0.4 is 0 Å². The van der Waals surface area contributed by atoms with Gasteiger partial charge in [0.25, 0.3) is 0 Å². The molecule has 0 amide bonds. The highest BCUT2D eigenvalue weighted by molar-refractivity contribution is 5.91. The molecule has 1 N–H and O–H groups in total. The second-order valence-corrected chi connectivity index (χ2v) is 4.44. The second kappa shape index (κ2) is 7.88. The highest BCUT2D eigenvalue weighted by Crippen LogP contribution is 2.23. The van der Waals surface area contributed by atoms with Gasteiger partial charge in [-0.15, -0.1) is 0 Å². The lowest BCUT2D eigenvalue weighted by atomic mass is 9.98. The van der Waals surface area contributed by atoms with E-state index in [4.69, 9.17) is 4.74 Å². The van der Waals surface area contributed by atoms with Crippen molar-refractivity contribution >= 4 is 5.97 Å². The zero-order chi connectivity index (χ0) is 13.4. The van der Waals surface area contributed by atoms with E-state index in [2.05, 4.69) is 6.92 Å². The van der Waals surface area contributed by atoms with Crippen molar-refractivity contribution < 1.29 is 14.6 Å². The largest absolute Gasteiger partial charge is 0.465 e. The van der Waals surface area contributed by atoms with Gasteiger partial charge in [-0.05, 0) is 18.1 Å². The molecule has 1 unspecified atom stereocenters. The number of carbonyl (C=O) groups excluding carboxylic acids is 1. The first kappa shape index (κ1) is 14.7. The van der Waals surface area contributed by atoms with Crippen molar-refractivity contribution in [2.75, 3.05) is 7.11 Å². The third kappa shape index (κ3) is 4.15. The summed E-state index contributed by atoms with van der Waals surface area (Å²) in [7, 11) is 1.35. The summed E-state index contributed by atoms with van der Waals surface area (Å²) in [5.41, 5.74) is 1.13. The molecular weight excluding hydrogens is 228 g/mol. The van der Waals surface area contributed by atoms with Crippen molar-refractivity contribution in [1.29, 1.82) is 0 Å². The van der Waals surface area contributed by atoms with Gasteiger partial charge in [-0.2, -0.15) is 0 Å². The number of rotatable bonds is 7. The minimum Gasteiger partial charge on any atom is -0.465 e. The fraction of sp³-hybridized carbons (Fsp3) is 0.533. The maximum atomic E-state index is 11.6. The van der Waals surface area contributed by atoms with Gasteiger partial charge < -0.3 is 9.84 Å². The summed E-state index contributed by atoms with van der Waals surface area (Å²) in [4.78, 5) is 11.6. The SMILES string of the molecule is CCCCCCC(O)c1ccccc1C(=O)OC. The maximum absolute atomic E-state index is 11.6. The van der Waals surface area contributed by atoms with Crippen molar-refractivity contribution in [2.24, 2.45) is 0 Å². The normalized spacial score (nSPS) is 12.2. The minimum atomic E-state index is -0.586. The molecule has 1 aromatic carbocycles. The van der Waals surface area contributed by atoms with Crippen molar-refractivity contribution in [2.45, 2.75) is 45.1 Å². The van der Waals surface area contributed by atoms with Crippen LogP contribution in [0.1, 0.15) is 61.1 Å². The molecule has 0 bridgehead atoms. The van der Waals surface area contributed by atoms with Crippen LogP contribution in [0.15, 0.2) is 24.3 Å². The Morgan fingerprint density at radius 1 is 1.28 bits per heavy atom. The van der Waals surface area contributed by atoms with Crippen molar-refractivity contribution in [3.63, 3.8) is 0 Å². The average molecular weight is 250 g/mol. The van der Waals surface area contributed by atoms with E-state index in [0.717, 1.165) is 12.8 Å². The molecule has 0 aliphatic rings. The molecule has 100 valence electrons. The molecule has 0 saturated carbocycles. The van der Waals surface area contributed by atoms with E-state index >= 15 is 0 Å². The molecule has 0 fully saturated rings. The van der Waals surface area contributed by atoms with Gasteiger partial charge in [0.05, 0.1) is 18.8 Å². The topological polar surface area (TPSA) is 46.5 Å².